The second-order valence-electron chi connectivity index (χ2n) is 13.1. The number of amides is 3. The lowest BCUT2D eigenvalue weighted by molar-refractivity contribution is -0.138. The van der Waals surface area contributed by atoms with Crippen molar-refractivity contribution >= 4 is 40.9 Å². The molecule has 0 radical (unpaired) electrons. The maximum atomic E-state index is 15.2. The summed E-state index contributed by atoms with van der Waals surface area (Å²) in [6, 6.07) is 6.72. The molecule has 1 saturated heterocycles. The first-order valence-corrected chi connectivity index (χ1v) is 16.3. The van der Waals surface area contributed by atoms with Crippen molar-refractivity contribution in [3.8, 4) is 0 Å². The summed E-state index contributed by atoms with van der Waals surface area (Å²) in [7, 11) is 0. The molecule has 48 heavy (non-hydrogen) atoms. The van der Waals surface area contributed by atoms with E-state index in [2.05, 4.69) is 16.0 Å². The largest absolute Gasteiger partial charge is 0.444 e. The Balaban J connectivity index is 1.35. The number of nitrogens with zero attached hydrogens (tertiary/aromatic N) is 2. The second-order valence-corrected chi connectivity index (χ2v) is 13.6. The molecule has 15 heteroatoms. The zero-order valence-electron chi connectivity index (χ0n) is 27.1. The fraction of sp³-hybridized carbons (Fsp3) is 0.545. The van der Waals surface area contributed by atoms with Crippen molar-refractivity contribution in [2.45, 2.75) is 77.2 Å². The molecule has 1 heterocycles. The standard InChI is InChI=1S/C33H41ClF5N5O4/c1-32(2,3)48-31(47)41-23-6-4-5-20(17-23)29(45)40-19-21-7-9-24(28(36)27(21)35)30(46)42-25-10-8-22(34)18-26(25)44-15-13-43(14-16-44)12-11-33(37,38)39/h7-10,18,20,23H,4-6,11-17,19H2,1-3H3,(H,40,45)(H,41,47)(H,42,46)/t20-,23+/m1/s1. The molecule has 4 rings (SSSR count). The minimum Gasteiger partial charge on any atom is -0.444 e. The third-order valence-corrected chi connectivity index (χ3v) is 8.49. The number of piperazine rings is 1. The van der Waals surface area contributed by atoms with Crippen molar-refractivity contribution in [1.82, 2.24) is 15.5 Å². The number of ether oxygens (including phenoxy) is 1. The van der Waals surface area contributed by atoms with E-state index in [1.807, 2.05) is 4.90 Å². The first-order valence-electron chi connectivity index (χ1n) is 15.9. The van der Waals surface area contributed by atoms with Crippen molar-refractivity contribution in [3.05, 3.63) is 58.1 Å². The summed E-state index contributed by atoms with van der Waals surface area (Å²) in [5.74, 6) is -4.37. The summed E-state index contributed by atoms with van der Waals surface area (Å²) in [6.45, 7) is 6.29. The van der Waals surface area contributed by atoms with Gasteiger partial charge in [-0.15, -0.1) is 0 Å². The number of rotatable bonds is 9. The number of benzene rings is 2. The van der Waals surface area contributed by atoms with E-state index in [4.69, 9.17) is 16.3 Å². The van der Waals surface area contributed by atoms with Crippen LogP contribution in [-0.4, -0.2) is 73.4 Å². The average molecular weight is 702 g/mol. The zero-order chi connectivity index (χ0) is 35.2. The smallest absolute Gasteiger partial charge is 0.407 e. The number of carbonyl (C=O) groups is 3. The molecule has 2 fully saturated rings. The summed E-state index contributed by atoms with van der Waals surface area (Å²) in [5, 5.41) is 8.38. The van der Waals surface area contributed by atoms with E-state index in [9.17, 15) is 27.6 Å². The van der Waals surface area contributed by atoms with Gasteiger partial charge in [-0.3, -0.25) is 14.5 Å². The zero-order valence-corrected chi connectivity index (χ0v) is 27.9. The van der Waals surface area contributed by atoms with Gasteiger partial charge in [0.05, 0.1) is 23.4 Å². The Morgan fingerprint density at radius 1 is 0.979 bits per heavy atom. The fourth-order valence-corrected chi connectivity index (χ4v) is 5.99. The molecule has 1 saturated carbocycles. The molecule has 0 aromatic heterocycles. The Bertz CT molecular complexity index is 1480. The van der Waals surface area contributed by atoms with Crippen LogP contribution in [0.5, 0.6) is 0 Å². The van der Waals surface area contributed by atoms with Crippen LogP contribution in [0, 0.1) is 17.6 Å². The SMILES string of the molecule is CC(C)(C)OC(=O)N[C@H]1CCC[C@@H](C(=O)NCc2ccc(C(=O)Nc3ccc(Cl)cc3N3CCN(CCC(F)(F)F)CC3)c(F)c2F)C1. The Morgan fingerprint density at radius 2 is 1.69 bits per heavy atom. The van der Waals surface area contributed by atoms with Crippen LogP contribution in [0.2, 0.25) is 5.02 Å². The van der Waals surface area contributed by atoms with Gasteiger partial charge >= 0.3 is 12.3 Å². The number of halogens is 6. The lowest BCUT2D eigenvalue weighted by Gasteiger charge is -2.37. The minimum atomic E-state index is -4.25. The first-order chi connectivity index (χ1) is 22.5. The first kappa shape index (κ1) is 37.2. The van der Waals surface area contributed by atoms with Crippen LogP contribution in [-0.2, 0) is 16.1 Å². The van der Waals surface area contributed by atoms with Crippen LogP contribution in [0.25, 0.3) is 0 Å². The fourth-order valence-electron chi connectivity index (χ4n) is 5.82. The predicted octanol–water partition coefficient (Wildman–Crippen LogP) is 6.64. The Kier molecular flexibility index (Phi) is 12.2. The van der Waals surface area contributed by atoms with Gasteiger partial charge in [-0.1, -0.05) is 24.1 Å². The Hall–Kier alpha value is -3.65. The van der Waals surface area contributed by atoms with E-state index in [0.29, 0.717) is 62.6 Å². The van der Waals surface area contributed by atoms with Gasteiger partial charge in [0, 0.05) is 61.8 Å². The number of nitrogens with one attached hydrogen (secondary N) is 3. The van der Waals surface area contributed by atoms with Crippen molar-refractivity contribution < 1.29 is 41.1 Å². The van der Waals surface area contributed by atoms with Crippen LogP contribution >= 0.6 is 11.6 Å². The monoisotopic (exact) mass is 701 g/mol. The molecule has 0 unspecified atom stereocenters. The number of alkyl halides is 3. The molecule has 3 N–H and O–H groups in total. The molecular weight excluding hydrogens is 661 g/mol. The van der Waals surface area contributed by atoms with Crippen LogP contribution in [0.3, 0.4) is 0 Å². The van der Waals surface area contributed by atoms with Crippen molar-refractivity contribution in [2.24, 2.45) is 5.92 Å². The highest BCUT2D eigenvalue weighted by Crippen LogP contribution is 2.32. The Labute approximate surface area is 281 Å². The number of hydrogen-bond acceptors (Lipinski definition) is 6. The third kappa shape index (κ3) is 10.7. The Morgan fingerprint density at radius 3 is 2.35 bits per heavy atom. The van der Waals surface area contributed by atoms with Crippen LogP contribution in [0.1, 0.15) is 68.8 Å². The lowest BCUT2D eigenvalue weighted by atomic mass is 9.85. The van der Waals surface area contributed by atoms with E-state index < -0.39 is 53.3 Å². The highest BCUT2D eigenvalue weighted by atomic mass is 35.5. The van der Waals surface area contributed by atoms with E-state index in [1.165, 1.54) is 18.2 Å². The van der Waals surface area contributed by atoms with E-state index in [1.54, 1.807) is 31.7 Å². The number of alkyl carbamates (subject to hydrolysis) is 1. The van der Waals surface area contributed by atoms with Gasteiger partial charge in [0.25, 0.3) is 5.91 Å². The van der Waals surface area contributed by atoms with Crippen LogP contribution < -0.4 is 20.9 Å². The van der Waals surface area contributed by atoms with Gasteiger partial charge in [-0.05, 0) is 64.3 Å². The number of carbonyl (C=O) groups excluding carboxylic acids is 3. The summed E-state index contributed by atoms with van der Waals surface area (Å²) in [6.07, 6.45) is -3.38. The molecule has 2 atom stereocenters. The molecule has 0 spiro atoms. The second kappa shape index (κ2) is 15.7. The average Bonchev–Trinajstić information content (AvgIpc) is 3.00. The van der Waals surface area contributed by atoms with Gasteiger partial charge in [0.15, 0.2) is 11.6 Å². The van der Waals surface area contributed by atoms with Gasteiger partial charge in [-0.25, -0.2) is 13.6 Å². The summed E-state index contributed by atoms with van der Waals surface area (Å²) in [5.41, 5.74) is -0.586. The molecule has 2 aromatic rings. The van der Waals surface area contributed by atoms with Gasteiger partial charge in [0.2, 0.25) is 5.91 Å². The minimum absolute atomic E-state index is 0.116. The van der Waals surface area contributed by atoms with Crippen LogP contribution in [0.4, 0.5) is 38.1 Å². The topological polar surface area (TPSA) is 103 Å². The highest BCUT2D eigenvalue weighted by Gasteiger charge is 2.31. The molecule has 2 aromatic carbocycles. The van der Waals surface area contributed by atoms with Crippen molar-refractivity contribution in [3.63, 3.8) is 0 Å². The molecule has 0 bridgehead atoms. The van der Waals surface area contributed by atoms with E-state index in [-0.39, 0.29) is 36.3 Å². The highest BCUT2D eigenvalue weighted by molar-refractivity contribution is 6.31. The van der Waals surface area contributed by atoms with Gasteiger partial charge in [-0.2, -0.15) is 13.2 Å². The normalized spacial score (nSPS) is 19.1. The number of anilines is 2. The molecule has 2 aliphatic rings. The summed E-state index contributed by atoms with van der Waals surface area (Å²) >= 11 is 6.19. The molecule has 9 nitrogen and oxygen atoms in total. The van der Waals surface area contributed by atoms with Crippen LogP contribution in [0.15, 0.2) is 30.3 Å². The number of hydrogen-bond donors (Lipinski definition) is 3. The van der Waals surface area contributed by atoms with Crippen molar-refractivity contribution in [1.29, 1.82) is 0 Å². The predicted molar refractivity (Wildman–Crippen MR) is 172 cm³/mol. The quantitative estimate of drug-likeness (QED) is 0.253. The summed E-state index contributed by atoms with van der Waals surface area (Å²) in [4.78, 5) is 41.7. The molecule has 264 valence electrons. The van der Waals surface area contributed by atoms with Gasteiger partial charge in [0.1, 0.15) is 5.60 Å². The molecule has 3 amide bonds. The molecule has 1 aliphatic heterocycles. The third-order valence-electron chi connectivity index (χ3n) is 8.26. The van der Waals surface area contributed by atoms with E-state index in [0.717, 1.165) is 6.07 Å². The maximum absolute atomic E-state index is 15.2. The maximum Gasteiger partial charge on any atom is 0.407 e. The van der Waals surface area contributed by atoms with E-state index >= 15 is 8.78 Å². The van der Waals surface area contributed by atoms with Crippen molar-refractivity contribution in [2.75, 3.05) is 42.9 Å². The summed E-state index contributed by atoms with van der Waals surface area (Å²) < 4.78 is 73.5. The molecule has 1 aliphatic carbocycles. The van der Waals surface area contributed by atoms with Gasteiger partial charge < -0.3 is 25.6 Å². The molecular formula is C33H41ClF5N5O4. The lowest BCUT2D eigenvalue weighted by Crippen LogP contribution is -2.47.